The molecule has 0 atom stereocenters. The quantitative estimate of drug-likeness (QED) is 0.632. The van der Waals surface area contributed by atoms with Crippen molar-refractivity contribution in [2.45, 2.75) is 11.3 Å². The van der Waals surface area contributed by atoms with Crippen molar-refractivity contribution in [1.29, 1.82) is 0 Å². The molecule has 0 amide bonds. The Kier molecular flexibility index (Phi) is 5.59. The van der Waals surface area contributed by atoms with Gasteiger partial charge < -0.3 is 5.11 Å². The molecule has 4 nitrogen and oxygen atoms in total. The van der Waals surface area contributed by atoms with Crippen LogP contribution in [0.4, 0.5) is 26.3 Å². The normalized spacial score (nSPS) is 12.4. The van der Waals surface area contributed by atoms with Crippen molar-refractivity contribution in [3.8, 4) is 0 Å². The number of sulfonamides is 1. The number of hydrogen-bond acceptors (Lipinski definition) is 3. The first kappa shape index (κ1) is 17.7. The van der Waals surface area contributed by atoms with Gasteiger partial charge in [0, 0.05) is 12.6 Å². The fourth-order valence-electron chi connectivity index (χ4n) is 1.48. The van der Waals surface area contributed by atoms with Gasteiger partial charge >= 0.3 is 0 Å². The minimum absolute atomic E-state index is 0.169. The number of alkyl halides is 2. The summed E-state index contributed by atoms with van der Waals surface area (Å²) in [5.41, 5.74) is 0. The van der Waals surface area contributed by atoms with Gasteiger partial charge in [-0.1, -0.05) is 0 Å². The standard InChI is InChI=1S/C10H9F6NO3S/c11-5-3-6(12)9(16)10(8(5)15)21(19,20)17(1-2-18)4-7(13)14/h3,7,18H,1-2,4H2. The van der Waals surface area contributed by atoms with E-state index in [0.717, 1.165) is 0 Å². The summed E-state index contributed by atoms with van der Waals surface area (Å²) in [6.45, 7) is -3.36. The molecule has 11 heteroatoms. The van der Waals surface area contributed by atoms with Crippen LogP contribution >= 0.6 is 0 Å². The van der Waals surface area contributed by atoms with E-state index in [1.165, 1.54) is 0 Å². The summed E-state index contributed by atoms with van der Waals surface area (Å²) in [4.78, 5) is -2.02. The smallest absolute Gasteiger partial charge is 0.252 e. The Morgan fingerprint density at radius 1 is 1.10 bits per heavy atom. The monoisotopic (exact) mass is 337 g/mol. The zero-order chi connectivity index (χ0) is 16.4. The third kappa shape index (κ3) is 3.66. The van der Waals surface area contributed by atoms with Crippen molar-refractivity contribution >= 4 is 10.0 Å². The highest BCUT2D eigenvalue weighted by Crippen LogP contribution is 2.27. The van der Waals surface area contributed by atoms with Gasteiger partial charge in [0.05, 0.1) is 13.2 Å². The fourth-order valence-corrected chi connectivity index (χ4v) is 3.02. The van der Waals surface area contributed by atoms with Crippen molar-refractivity contribution in [2.75, 3.05) is 19.7 Å². The molecule has 0 aliphatic heterocycles. The Bertz CT molecular complexity index is 595. The first-order valence-corrected chi connectivity index (χ1v) is 6.79. The molecule has 0 aliphatic rings. The number of aliphatic hydroxyl groups is 1. The van der Waals surface area contributed by atoms with Crippen LogP contribution in [0.5, 0.6) is 0 Å². The molecule has 1 aromatic rings. The molecule has 21 heavy (non-hydrogen) atoms. The van der Waals surface area contributed by atoms with E-state index in [1.807, 2.05) is 0 Å². The van der Waals surface area contributed by atoms with Gasteiger partial charge in [-0.15, -0.1) is 0 Å². The van der Waals surface area contributed by atoms with E-state index >= 15 is 0 Å². The molecule has 0 aliphatic carbocycles. The van der Waals surface area contributed by atoms with Crippen molar-refractivity contribution in [2.24, 2.45) is 0 Å². The highest BCUT2D eigenvalue weighted by molar-refractivity contribution is 7.89. The van der Waals surface area contributed by atoms with Crippen molar-refractivity contribution in [3.63, 3.8) is 0 Å². The molecule has 1 N–H and O–H groups in total. The van der Waals surface area contributed by atoms with Crippen LogP contribution in [0.25, 0.3) is 0 Å². The van der Waals surface area contributed by atoms with Gasteiger partial charge in [0.1, 0.15) is 0 Å². The van der Waals surface area contributed by atoms with Crippen LogP contribution in [0.1, 0.15) is 0 Å². The maximum Gasteiger partial charge on any atom is 0.252 e. The molecule has 0 unspecified atom stereocenters. The lowest BCUT2D eigenvalue weighted by molar-refractivity contribution is 0.112. The maximum absolute atomic E-state index is 13.4. The molecule has 0 radical (unpaired) electrons. The fraction of sp³-hybridized carbons (Fsp3) is 0.400. The molecule has 0 saturated heterocycles. The van der Waals surface area contributed by atoms with Crippen LogP contribution in [0.2, 0.25) is 0 Å². The molecule has 0 heterocycles. The lowest BCUT2D eigenvalue weighted by Crippen LogP contribution is -2.38. The van der Waals surface area contributed by atoms with Gasteiger partial charge in [0.15, 0.2) is 28.2 Å². The van der Waals surface area contributed by atoms with Crippen molar-refractivity contribution in [1.82, 2.24) is 4.31 Å². The number of aliphatic hydroxyl groups excluding tert-OH is 1. The summed E-state index contributed by atoms with van der Waals surface area (Å²) in [6, 6.07) is -0.215. The van der Waals surface area contributed by atoms with Crippen molar-refractivity contribution in [3.05, 3.63) is 29.3 Å². The second-order valence-electron chi connectivity index (χ2n) is 3.78. The third-order valence-electron chi connectivity index (χ3n) is 2.36. The summed E-state index contributed by atoms with van der Waals surface area (Å²) in [5, 5.41) is 8.62. The van der Waals surface area contributed by atoms with Crippen LogP contribution in [-0.2, 0) is 10.0 Å². The maximum atomic E-state index is 13.4. The zero-order valence-corrected chi connectivity index (χ0v) is 11.0. The second-order valence-corrected chi connectivity index (χ2v) is 5.65. The largest absolute Gasteiger partial charge is 0.395 e. The van der Waals surface area contributed by atoms with E-state index in [0.29, 0.717) is 0 Å². The molecular formula is C10H9F6NO3S. The Labute approximate surface area is 115 Å². The lowest BCUT2D eigenvalue weighted by atomic mass is 10.3. The zero-order valence-electron chi connectivity index (χ0n) is 10.2. The van der Waals surface area contributed by atoms with Crippen LogP contribution < -0.4 is 0 Å². The topological polar surface area (TPSA) is 57.6 Å². The Morgan fingerprint density at radius 3 is 1.95 bits per heavy atom. The Morgan fingerprint density at radius 2 is 1.57 bits per heavy atom. The van der Waals surface area contributed by atoms with Crippen LogP contribution in [0.15, 0.2) is 11.0 Å². The van der Waals surface area contributed by atoms with Gasteiger partial charge in [-0.05, 0) is 0 Å². The van der Waals surface area contributed by atoms with Gasteiger partial charge in [-0.3, -0.25) is 0 Å². The summed E-state index contributed by atoms with van der Waals surface area (Å²) in [6.07, 6.45) is -3.23. The van der Waals surface area contributed by atoms with Crippen molar-refractivity contribution < 1.29 is 39.9 Å². The minimum Gasteiger partial charge on any atom is -0.395 e. The summed E-state index contributed by atoms with van der Waals surface area (Å²) >= 11 is 0. The van der Waals surface area contributed by atoms with Gasteiger partial charge in [0.2, 0.25) is 10.0 Å². The SMILES string of the molecule is O=S(=O)(c1c(F)c(F)cc(F)c1F)N(CCO)CC(F)F. The van der Waals surface area contributed by atoms with E-state index in [9.17, 15) is 34.8 Å². The predicted octanol–water partition coefficient (Wildman–Crippen LogP) is 1.49. The summed E-state index contributed by atoms with van der Waals surface area (Å²) in [5.74, 6) is -8.45. The number of rotatable bonds is 6. The molecule has 0 spiro atoms. The lowest BCUT2D eigenvalue weighted by Gasteiger charge is -2.21. The van der Waals surface area contributed by atoms with Gasteiger partial charge in [-0.25, -0.2) is 34.8 Å². The first-order chi connectivity index (χ1) is 9.62. The highest BCUT2D eigenvalue weighted by Gasteiger charge is 2.35. The average Bonchev–Trinajstić information content (AvgIpc) is 2.35. The van der Waals surface area contributed by atoms with Crippen LogP contribution in [0.3, 0.4) is 0 Å². The van der Waals surface area contributed by atoms with Crippen LogP contribution in [0, 0.1) is 23.3 Å². The van der Waals surface area contributed by atoms with E-state index in [4.69, 9.17) is 5.11 Å². The number of nitrogens with zero attached hydrogens (tertiary/aromatic N) is 1. The third-order valence-corrected chi connectivity index (χ3v) is 4.25. The van der Waals surface area contributed by atoms with E-state index < -0.39 is 64.3 Å². The summed E-state index contributed by atoms with van der Waals surface area (Å²) in [7, 11) is -5.30. The summed E-state index contributed by atoms with van der Waals surface area (Å²) < 4.78 is 101. The van der Waals surface area contributed by atoms with E-state index in [-0.39, 0.29) is 10.4 Å². The van der Waals surface area contributed by atoms with E-state index in [2.05, 4.69) is 0 Å². The van der Waals surface area contributed by atoms with Gasteiger partial charge in [-0.2, -0.15) is 4.31 Å². The number of halogens is 6. The molecular weight excluding hydrogens is 328 g/mol. The predicted molar refractivity (Wildman–Crippen MR) is 58.1 cm³/mol. The molecule has 1 aromatic carbocycles. The average molecular weight is 337 g/mol. The Balaban J connectivity index is 3.48. The van der Waals surface area contributed by atoms with Crippen LogP contribution in [-0.4, -0.2) is 44.0 Å². The van der Waals surface area contributed by atoms with E-state index in [1.54, 1.807) is 0 Å². The molecule has 1 rings (SSSR count). The number of hydrogen-bond donors (Lipinski definition) is 1. The molecule has 0 aromatic heterocycles. The molecule has 120 valence electrons. The number of benzene rings is 1. The molecule has 0 saturated carbocycles. The minimum atomic E-state index is -5.30. The molecule has 0 fully saturated rings. The second kappa shape index (κ2) is 6.62. The Hall–Kier alpha value is -1.33. The highest BCUT2D eigenvalue weighted by atomic mass is 32.2. The van der Waals surface area contributed by atoms with Gasteiger partial charge in [0.25, 0.3) is 6.43 Å². The first-order valence-electron chi connectivity index (χ1n) is 5.35. The molecule has 0 bridgehead atoms.